The van der Waals surface area contributed by atoms with E-state index in [-0.39, 0.29) is 5.75 Å². The smallest absolute Gasteiger partial charge is 0.344 e. The summed E-state index contributed by atoms with van der Waals surface area (Å²) >= 11 is 0. The van der Waals surface area contributed by atoms with Gasteiger partial charge in [0.15, 0.2) is 11.6 Å². The van der Waals surface area contributed by atoms with E-state index in [1.807, 2.05) is 18.2 Å². The third kappa shape index (κ3) is 3.40. The second kappa shape index (κ2) is 7.04. The molecule has 4 rings (SSSR count). The van der Waals surface area contributed by atoms with Crippen molar-refractivity contribution in [3.63, 3.8) is 0 Å². The van der Waals surface area contributed by atoms with Crippen LogP contribution in [0.3, 0.4) is 0 Å². The summed E-state index contributed by atoms with van der Waals surface area (Å²) in [5.74, 6) is -0.0182. The Morgan fingerprint density at radius 1 is 1.22 bits per heavy atom. The molecule has 1 fully saturated rings. The molecule has 0 radical (unpaired) electrons. The highest BCUT2D eigenvalue weighted by Crippen LogP contribution is 2.28. The van der Waals surface area contributed by atoms with E-state index in [2.05, 4.69) is 17.1 Å². The van der Waals surface area contributed by atoms with Gasteiger partial charge in [0, 0.05) is 36.9 Å². The van der Waals surface area contributed by atoms with Crippen molar-refractivity contribution in [3.05, 3.63) is 58.7 Å². The second-order valence-electron chi connectivity index (χ2n) is 6.82. The predicted octanol–water partition coefficient (Wildman–Crippen LogP) is 3.41. The molecule has 1 aromatic heterocycles. The van der Waals surface area contributed by atoms with E-state index >= 15 is 0 Å². The zero-order valence-electron chi connectivity index (χ0n) is 15.3. The topological polar surface area (TPSA) is 54.7 Å². The van der Waals surface area contributed by atoms with E-state index in [4.69, 9.17) is 9.15 Å². The minimum Gasteiger partial charge on any atom is -0.494 e. The molecule has 1 aliphatic heterocycles. The summed E-state index contributed by atoms with van der Waals surface area (Å²) in [7, 11) is 1.41. The molecule has 0 spiro atoms. The summed E-state index contributed by atoms with van der Waals surface area (Å²) in [6, 6.07) is 12.5. The number of fused-ring (bicyclic) bond motifs is 1. The highest BCUT2D eigenvalue weighted by molar-refractivity contribution is 5.87. The molecule has 27 heavy (non-hydrogen) atoms. The number of piperazine rings is 1. The van der Waals surface area contributed by atoms with E-state index in [0.717, 1.165) is 30.7 Å². The van der Waals surface area contributed by atoms with E-state index in [1.165, 1.54) is 19.2 Å². The molecule has 6 heteroatoms. The van der Waals surface area contributed by atoms with Crippen molar-refractivity contribution in [2.24, 2.45) is 0 Å². The number of benzene rings is 2. The zero-order valence-corrected chi connectivity index (χ0v) is 15.3. The van der Waals surface area contributed by atoms with Crippen molar-refractivity contribution in [2.75, 3.05) is 31.6 Å². The standard InChI is InChI=1S/C21H21FN2O3/c1-13-12-24(8-7-23-13)16-5-3-14-10-20(27-21(25)17(14)11-16)15-4-6-19(26-2)18(22)9-15/h3-6,9-11,13,23H,7-8,12H2,1-2H3/t13-/m0/s1. The van der Waals surface area contributed by atoms with Crippen LogP contribution in [0.4, 0.5) is 10.1 Å². The van der Waals surface area contributed by atoms with Crippen molar-refractivity contribution in [3.8, 4) is 17.1 Å². The lowest BCUT2D eigenvalue weighted by molar-refractivity contribution is 0.386. The highest BCUT2D eigenvalue weighted by Gasteiger charge is 2.17. The van der Waals surface area contributed by atoms with Gasteiger partial charge in [-0.05, 0) is 48.7 Å². The number of halogens is 1. The fourth-order valence-corrected chi connectivity index (χ4v) is 3.50. The Hall–Kier alpha value is -2.86. The number of methoxy groups -OCH3 is 1. The minimum absolute atomic E-state index is 0.150. The Bertz CT molecular complexity index is 1050. The minimum atomic E-state index is -0.499. The van der Waals surface area contributed by atoms with Crippen LogP contribution < -0.4 is 20.6 Å². The Kier molecular flexibility index (Phi) is 4.58. The lowest BCUT2D eigenvalue weighted by atomic mass is 10.1. The van der Waals surface area contributed by atoms with Crippen molar-refractivity contribution in [2.45, 2.75) is 13.0 Å². The van der Waals surface area contributed by atoms with Gasteiger partial charge in [-0.2, -0.15) is 0 Å². The molecule has 0 unspecified atom stereocenters. The van der Waals surface area contributed by atoms with Crippen molar-refractivity contribution >= 4 is 16.5 Å². The molecule has 0 bridgehead atoms. The lowest BCUT2D eigenvalue weighted by Crippen LogP contribution is -2.49. The van der Waals surface area contributed by atoms with E-state index in [1.54, 1.807) is 12.1 Å². The first-order valence-corrected chi connectivity index (χ1v) is 8.95. The van der Waals surface area contributed by atoms with Crippen LogP contribution in [-0.4, -0.2) is 32.8 Å². The number of ether oxygens (including phenoxy) is 1. The van der Waals surface area contributed by atoms with Gasteiger partial charge >= 0.3 is 5.63 Å². The van der Waals surface area contributed by atoms with Crippen molar-refractivity contribution in [1.29, 1.82) is 0 Å². The molecule has 2 aromatic carbocycles. The maximum absolute atomic E-state index is 14.0. The molecule has 140 valence electrons. The van der Waals surface area contributed by atoms with E-state index < -0.39 is 11.4 Å². The van der Waals surface area contributed by atoms with Gasteiger partial charge < -0.3 is 19.4 Å². The summed E-state index contributed by atoms with van der Waals surface area (Å²) in [4.78, 5) is 14.8. The number of nitrogens with one attached hydrogen (secondary N) is 1. The molecule has 3 aromatic rings. The second-order valence-corrected chi connectivity index (χ2v) is 6.82. The van der Waals surface area contributed by atoms with E-state index in [9.17, 15) is 9.18 Å². The average molecular weight is 368 g/mol. The molecule has 0 aliphatic carbocycles. The first-order valence-electron chi connectivity index (χ1n) is 8.95. The van der Waals surface area contributed by atoms with Gasteiger partial charge in [0.1, 0.15) is 5.76 Å². The third-order valence-electron chi connectivity index (χ3n) is 4.92. The van der Waals surface area contributed by atoms with Crippen LogP contribution in [0.15, 0.2) is 51.7 Å². The monoisotopic (exact) mass is 368 g/mol. The van der Waals surface area contributed by atoms with Gasteiger partial charge in [-0.15, -0.1) is 0 Å². The van der Waals surface area contributed by atoms with Gasteiger partial charge in [-0.25, -0.2) is 9.18 Å². The van der Waals surface area contributed by atoms with Gasteiger partial charge in [0.05, 0.1) is 12.5 Å². The van der Waals surface area contributed by atoms with E-state index in [0.29, 0.717) is 22.8 Å². The number of nitrogens with zero attached hydrogens (tertiary/aromatic N) is 1. The quantitative estimate of drug-likeness (QED) is 0.768. The van der Waals surface area contributed by atoms with Gasteiger partial charge in [0.2, 0.25) is 0 Å². The van der Waals surface area contributed by atoms with Gasteiger partial charge in [-0.1, -0.05) is 6.07 Å². The van der Waals surface area contributed by atoms with Gasteiger partial charge in [0.25, 0.3) is 0 Å². The lowest BCUT2D eigenvalue weighted by Gasteiger charge is -2.33. The summed E-state index contributed by atoms with van der Waals surface area (Å²) in [6.45, 7) is 4.84. The van der Waals surface area contributed by atoms with Crippen LogP contribution >= 0.6 is 0 Å². The van der Waals surface area contributed by atoms with Crippen LogP contribution in [-0.2, 0) is 0 Å². The number of anilines is 1. The number of hydrogen-bond acceptors (Lipinski definition) is 5. The molecular formula is C21H21FN2O3. The van der Waals surface area contributed by atoms with Crippen LogP contribution in [0.25, 0.3) is 22.1 Å². The molecular weight excluding hydrogens is 347 g/mol. The highest BCUT2D eigenvalue weighted by atomic mass is 19.1. The third-order valence-corrected chi connectivity index (χ3v) is 4.92. The summed E-state index contributed by atoms with van der Waals surface area (Å²) < 4.78 is 24.4. The Labute approximate surface area is 156 Å². The van der Waals surface area contributed by atoms with Crippen LogP contribution in [0.2, 0.25) is 0 Å². The predicted molar refractivity (Wildman–Crippen MR) is 104 cm³/mol. The molecule has 1 aliphatic rings. The van der Waals surface area contributed by atoms with Crippen LogP contribution in [0.5, 0.6) is 5.75 Å². The Morgan fingerprint density at radius 3 is 2.81 bits per heavy atom. The molecule has 5 nitrogen and oxygen atoms in total. The number of hydrogen-bond donors (Lipinski definition) is 1. The Balaban J connectivity index is 1.73. The summed E-state index contributed by atoms with van der Waals surface area (Å²) in [5, 5.41) is 4.70. The van der Waals surface area contributed by atoms with Crippen molar-refractivity contribution in [1.82, 2.24) is 5.32 Å². The molecule has 1 saturated heterocycles. The molecule has 0 amide bonds. The largest absolute Gasteiger partial charge is 0.494 e. The summed E-state index contributed by atoms with van der Waals surface area (Å²) in [5.41, 5.74) is 1.07. The molecule has 2 heterocycles. The SMILES string of the molecule is COc1ccc(-c2cc3ccc(N4CCN[C@@H](C)C4)cc3c(=O)o2)cc1F. The first kappa shape index (κ1) is 17.5. The molecule has 1 atom stereocenters. The fourth-order valence-electron chi connectivity index (χ4n) is 3.50. The fraction of sp³-hybridized carbons (Fsp3) is 0.286. The average Bonchev–Trinajstić information content (AvgIpc) is 2.67. The normalized spacial score (nSPS) is 17.3. The Morgan fingerprint density at radius 2 is 2.07 bits per heavy atom. The van der Waals surface area contributed by atoms with Gasteiger partial charge in [-0.3, -0.25) is 0 Å². The number of rotatable bonds is 3. The molecule has 0 saturated carbocycles. The maximum Gasteiger partial charge on any atom is 0.344 e. The van der Waals surface area contributed by atoms with Crippen LogP contribution in [0.1, 0.15) is 6.92 Å². The van der Waals surface area contributed by atoms with Crippen LogP contribution in [0, 0.1) is 5.82 Å². The zero-order chi connectivity index (χ0) is 19.0. The maximum atomic E-state index is 14.0. The van der Waals surface area contributed by atoms with Crippen molar-refractivity contribution < 1.29 is 13.5 Å². The first-order chi connectivity index (χ1) is 13.0. The summed E-state index contributed by atoms with van der Waals surface area (Å²) in [6.07, 6.45) is 0. The molecule has 1 N–H and O–H groups in total.